The van der Waals surface area contributed by atoms with Gasteiger partial charge in [-0.1, -0.05) is 30.3 Å². The van der Waals surface area contributed by atoms with Gasteiger partial charge in [-0.3, -0.25) is 0 Å². The molecule has 0 heterocycles. The predicted octanol–water partition coefficient (Wildman–Crippen LogP) is 3.07. The van der Waals surface area contributed by atoms with Crippen LogP contribution in [0.5, 0.6) is 0 Å². The molecule has 0 bridgehead atoms. The van der Waals surface area contributed by atoms with Crippen LogP contribution in [-0.2, 0) is 0 Å². The van der Waals surface area contributed by atoms with E-state index in [-0.39, 0.29) is 18.5 Å². The maximum atomic E-state index is 12.8. The highest BCUT2D eigenvalue weighted by molar-refractivity contribution is 5.89. The van der Waals surface area contributed by atoms with E-state index in [1.165, 1.54) is 24.3 Å². The van der Waals surface area contributed by atoms with Crippen molar-refractivity contribution in [3.8, 4) is 0 Å². The highest BCUT2D eigenvalue weighted by Crippen LogP contribution is 2.16. The lowest BCUT2D eigenvalue weighted by Gasteiger charge is -2.18. The van der Waals surface area contributed by atoms with Crippen LogP contribution >= 0.6 is 0 Å². The van der Waals surface area contributed by atoms with E-state index in [9.17, 15) is 9.18 Å². The van der Waals surface area contributed by atoms with E-state index in [2.05, 4.69) is 10.6 Å². The Labute approximate surface area is 122 Å². The molecule has 2 aromatic rings. The van der Waals surface area contributed by atoms with Crippen molar-refractivity contribution in [1.82, 2.24) is 5.32 Å². The summed E-state index contributed by atoms with van der Waals surface area (Å²) in [5.74, 6) is -0.358. The number of benzene rings is 2. The third-order valence-corrected chi connectivity index (χ3v) is 3.03. The second kappa shape index (κ2) is 7.40. The molecule has 5 heteroatoms. The Morgan fingerprint density at radius 3 is 2.38 bits per heavy atom. The van der Waals surface area contributed by atoms with Crippen LogP contribution in [0.3, 0.4) is 0 Å². The maximum Gasteiger partial charge on any atom is 0.319 e. The van der Waals surface area contributed by atoms with Gasteiger partial charge in [0.25, 0.3) is 0 Å². The smallest absolute Gasteiger partial charge is 0.319 e. The number of urea groups is 1. The van der Waals surface area contributed by atoms with Crippen LogP contribution in [0.2, 0.25) is 0 Å². The van der Waals surface area contributed by atoms with Crippen LogP contribution in [0, 0.1) is 5.82 Å². The first kappa shape index (κ1) is 15.0. The minimum Gasteiger partial charge on any atom is -0.396 e. The molecular weight excluding hydrogens is 271 g/mol. The number of hydrogen-bond acceptors (Lipinski definition) is 2. The fraction of sp³-hybridized carbons (Fsp3) is 0.188. The summed E-state index contributed by atoms with van der Waals surface area (Å²) in [6.07, 6.45) is 0.418. The molecule has 0 saturated carbocycles. The average molecular weight is 288 g/mol. The number of amides is 2. The first-order valence-electron chi connectivity index (χ1n) is 6.68. The summed E-state index contributed by atoms with van der Waals surface area (Å²) >= 11 is 0. The van der Waals surface area contributed by atoms with E-state index in [1.54, 1.807) is 0 Å². The number of anilines is 1. The highest BCUT2D eigenvalue weighted by Gasteiger charge is 2.13. The largest absolute Gasteiger partial charge is 0.396 e. The van der Waals surface area contributed by atoms with Gasteiger partial charge in [-0.2, -0.15) is 0 Å². The lowest BCUT2D eigenvalue weighted by molar-refractivity contribution is 0.239. The minimum atomic E-state index is -0.399. The molecule has 0 radical (unpaired) electrons. The molecule has 3 N–H and O–H groups in total. The molecule has 110 valence electrons. The number of halogens is 1. The Morgan fingerprint density at radius 1 is 1.10 bits per heavy atom. The molecule has 1 atom stereocenters. The zero-order valence-corrected chi connectivity index (χ0v) is 11.4. The predicted molar refractivity (Wildman–Crippen MR) is 79.4 cm³/mol. The zero-order chi connectivity index (χ0) is 15.1. The number of nitrogens with one attached hydrogen (secondary N) is 2. The molecule has 0 unspecified atom stereocenters. The molecule has 2 amide bonds. The van der Waals surface area contributed by atoms with Crippen LogP contribution in [0.4, 0.5) is 14.9 Å². The van der Waals surface area contributed by atoms with Crippen molar-refractivity contribution in [3.05, 3.63) is 66.0 Å². The fourth-order valence-corrected chi connectivity index (χ4v) is 2.00. The summed E-state index contributed by atoms with van der Waals surface area (Å²) < 4.78 is 12.8. The van der Waals surface area contributed by atoms with E-state index in [0.29, 0.717) is 12.1 Å². The van der Waals surface area contributed by atoms with Crippen molar-refractivity contribution >= 4 is 11.7 Å². The van der Waals surface area contributed by atoms with Gasteiger partial charge in [0.1, 0.15) is 5.82 Å². The van der Waals surface area contributed by atoms with Gasteiger partial charge in [0.05, 0.1) is 6.04 Å². The molecule has 0 aliphatic carbocycles. The van der Waals surface area contributed by atoms with Crippen molar-refractivity contribution in [2.45, 2.75) is 12.5 Å². The summed E-state index contributed by atoms with van der Waals surface area (Å²) in [4.78, 5) is 12.0. The molecule has 0 saturated heterocycles. The number of aliphatic hydroxyl groups excluding tert-OH is 1. The lowest BCUT2D eigenvalue weighted by atomic mass is 10.0. The van der Waals surface area contributed by atoms with Crippen molar-refractivity contribution in [1.29, 1.82) is 0 Å². The average Bonchev–Trinajstić information content (AvgIpc) is 2.50. The maximum absolute atomic E-state index is 12.8. The summed E-state index contributed by atoms with van der Waals surface area (Å²) in [6, 6.07) is 14.3. The number of rotatable bonds is 5. The van der Waals surface area contributed by atoms with Gasteiger partial charge >= 0.3 is 6.03 Å². The van der Waals surface area contributed by atoms with E-state index in [0.717, 1.165) is 5.56 Å². The van der Waals surface area contributed by atoms with Crippen LogP contribution in [0.15, 0.2) is 54.6 Å². The Balaban J connectivity index is 2.00. The molecule has 0 aliphatic rings. The van der Waals surface area contributed by atoms with Crippen LogP contribution < -0.4 is 10.6 Å². The second-order valence-electron chi connectivity index (χ2n) is 4.58. The Bertz CT molecular complexity index is 573. The number of hydrogen-bond donors (Lipinski definition) is 3. The first-order valence-corrected chi connectivity index (χ1v) is 6.68. The summed E-state index contributed by atoms with van der Waals surface area (Å²) in [6.45, 7) is -0.0314. The molecule has 0 aliphatic heterocycles. The molecule has 0 spiro atoms. The van der Waals surface area contributed by atoms with Gasteiger partial charge < -0.3 is 15.7 Å². The molecule has 4 nitrogen and oxygen atoms in total. The van der Waals surface area contributed by atoms with Crippen LogP contribution in [0.1, 0.15) is 18.0 Å². The number of aliphatic hydroxyl groups is 1. The summed E-state index contributed by atoms with van der Waals surface area (Å²) in [5, 5.41) is 14.5. The van der Waals surface area contributed by atoms with Gasteiger partial charge in [0.15, 0.2) is 0 Å². The van der Waals surface area contributed by atoms with Crippen molar-refractivity contribution in [2.24, 2.45) is 0 Å². The molecular formula is C16H17FN2O2. The van der Waals surface area contributed by atoms with Gasteiger partial charge in [0, 0.05) is 12.3 Å². The molecule has 2 rings (SSSR count). The van der Waals surface area contributed by atoms with Gasteiger partial charge in [-0.15, -0.1) is 0 Å². The molecule has 2 aromatic carbocycles. The van der Waals surface area contributed by atoms with E-state index < -0.39 is 6.03 Å². The second-order valence-corrected chi connectivity index (χ2v) is 4.58. The number of carbonyl (C=O) groups is 1. The quantitative estimate of drug-likeness (QED) is 0.792. The van der Waals surface area contributed by atoms with Crippen molar-refractivity contribution < 1.29 is 14.3 Å². The van der Waals surface area contributed by atoms with E-state index >= 15 is 0 Å². The van der Waals surface area contributed by atoms with Gasteiger partial charge in [-0.25, -0.2) is 9.18 Å². The monoisotopic (exact) mass is 288 g/mol. The normalized spacial score (nSPS) is 11.7. The minimum absolute atomic E-state index is 0.0314. The summed E-state index contributed by atoms with van der Waals surface area (Å²) in [5.41, 5.74) is 1.42. The topological polar surface area (TPSA) is 61.4 Å². The Morgan fingerprint density at radius 2 is 1.76 bits per heavy atom. The molecule has 0 fully saturated rings. The van der Waals surface area contributed by atoms with Crippen LogP contribution in [0.25, 0.3) is 0 Å². The van der Waals surface area contributed by atoms with Gasteiger partial charge in [-0.05, 0) is 36.2 Å². The first-order chi connectivity index (χ1) is 10.2. The molecule has 0 aromatic heterocycles. The Hall–Kier alpha value is -2.40. The highest BCUT2D eigenvalue weighted by atomic mass is 19.1. The third-order valence-electron chi connectivity index (χ3n) is 3.03. The van der Waals surface area contributed by atoms with Crippen molar-refractivity contribution in [3.63, 3.8) is 0 Å². The van der Waals surface area contributed by atoms with Crippen LogP contribution in [-0.4, -0.2) is 17.7 Å². The summed E-state index contributed by atoms with van der Waals surface area (Å²) in [7, 11) is 0. The third kappa shape index (κ3) is 4.57. The fourth-order valence-electron chi connectivity index (χ4n) is 2.00. The standard InChI is InChI=1S/C16H17FN2O2/c17-13-6-8-14(9-7-13)18-16(21)19-15(10-11-20)12-4-2-1-3-5-12/h1-9,15,20H,10-11H2,(H2,18,19,21)/t15-/m1/s1. The van der Waals surface area contributed by atoms with Crippen molar-refractivity contribution in [2.75, 3.05) is 11.9 Å². The van der Waals surface area contributed by atoms with Gasteiger partial charge in [0.2, 0.25) is 0 Å². The molecule has 21 heavy (non-hydrogen) atoms. The number of carbonyl (C=O) groups excluding carboxylic acids is 1. The zero-order valence-electron chi connectivity index (χ0n) is 11.4. The van der Waals surface area contributed by atoms with E-state index in [1.807, 2.05) is 30.3 Å². The Kier molecular flexibility index (Phi) is 5.29. The van der Waals surface area contributed by atoms with E-state index in [4.69, 9.17) is 5.11 Å². The lowest BCUT2D eigenvalue weighted by Crippen LogP contribution is -2.33. The SMILES string of the molecule is O=C(Nc1ccc(F)cc1)N[C@H](CCO)c1ccccc1.